The maximum absolute atomic E-state index is 4.48. The van der Waals surface area contributed by atoms with Gasteiger partial charge in [-0.15, -0.1) is 0 Å². The standard InChI is InChI=1S/C13H18N4/c1-9-12-6-10(7-14-11-4-3-5-11)8-15-13(12)17(2)16-9/h6,8,11,14H,3-5,7H2,1-2H3. The molecule has 0 atom stereocenters. The highest BCUT2D eigenvalue weighted by molar-refractivity contribution is 5.78. The van der Waals surface area contributed by atoms with Crippen molar-refractivity contribution in [3.8, 4) is 0 Å². The quantitative estimate of drug-likeness (QED) is 0.876. The number of aryl methyl sites for hydroxylation is 2. The lowest BCUT2D eigenvalue weighted by Gasteiger charge is -2.26. The zero-order valence-corrected chi connectivity index (χ0v) is 10.4. The third kappa shape index (κ3) is 1.93. The maximum atomic E-state index is 4.48. The van der Waals surface area contributed by atoms with Crippen LogP contribution in [0.5, 0.6) is 0 Å². The molecule has 1 N–H and O–H groups in total. The Morgan fingerprint density at radius 2 is 2.29 bits per heavy atom. The van der Waals surface area contributed by atoms with Crippen LogP contribution in [-0.2, 0) is 13.6 Å². The largest absolute Gasteiger partial charge is 0.310 e. The van der Waals surface area contributed by atoms with Crippen molar-refractivity contribution in [3.63, 3.8) is 0 Å². The summed E-state index contributed by atoms with van der Waals surface area (Å²) in [6.45, 7) is 2.95. The molecule has 90 valence electrons. The summed E-state index contributed by atoms with van der Waals surface area (Å²) in [7, 11) is 1.94. The van der Waals surface area contributed by atoms with Crippen LogP contribution in [0, 0.1) is 6.92 Å². The summed E-state index contributed by atoms with van der Waals surface area (Å²) in [6.07, 6.45) is 5.97. The van der Waals surface area contributed by atoms with Crippen LogP contribution in [0.2, 0.25) is 0 Å². The molecule has 1 saturated carbocycles. The molecule has 17 heavy (non-hydrogen) atoms. The molecule has 4 nitrogen and oxygen atoms in total. The minimum atomic E-state index is 0.723. The fourth-order valence-corrected chi connectivity index (χ4v) is 2.32. The summed E-state index contributed by atoms with van der Waals surface area (Å²) >= 11 is 0. The van der Waals surface area contributed by atoms with Crippen LogP contribution in [0.1, 0.15) is 30.5 Å². The molecule has 2 aromatic heterocycles. The van der Waals surface area contributed by atoms with Gasteiger partial charge < -0.3 is 5.32 Å². The zero-order chi connectivity index (χ0) is 11.8. The average Bonchev–Trinajstić information content (AvgIpc) is 2.53. The molecule has 1 fully saturated rings. The third-order valence-corrected chi connectivity index (χ3v) is 3.62. The van der Waals surface area contributed by atoms with Crippen LogP contribution >= 0.6 is 0 Å². The Morgan fingerprint density at radius 3 is 3.00 bits per heavy atom. The Kier molecular flexibility index (Phi) is 2.59. The third-order valence-electron chi connectivity index (χ3n) is 3.62. The van der Waals surface area contributed by atoms with Crippen molar-refractivity contribution in [2.45, 2.75) is 38.8 Å². The summed E-state index contributed by atoms with van der Waals surface area (Å²) in [4.78, 5) is 4.48. The Hall–Kier alpha value is -1.42. The van der Waals surface area contributed by atoms with E-state index in [4.69, 9.17) is 0 Å². The van der Waals surface area contributed by atoms with E-state index in [1.165, 1.54) is 30.2 Å². The fourth-order valence-electron chi connectivity index (χ4n) is 2.32. The fraction of sp³-hybridized carbons (Fsp3) is 0.538. The lowest BCUT2D eigenvalue weighted by molar-refractivity contribution is 0.338. The number of hydrogen-bond acceptors (Lipinski definition) is 3. The Labute approximate surface area is 101 Å². The molecular formula is C13H18N4. The van der Waals surface area contributed by atoms with E-state index in [9.17, 15) is 0 Å². The van der Waals surface area contributed by atoms with Gasteiger partial charge in [0.1, 0.15) is 0 Å². The molecule has 0 radical (unpaired) electrons. The molecule has 0 saturated heterocycles. The predicted octanol–water partition coefficient (Wildman–Crippen LogP) is 1.92. The Morgan fingerprint density at radius 1 is 1.47 bits per heavy atom. The molecule has 2 aromatic rings. The first kappa shape index (κ1) is 10.7. The molecule has 1 aliphatic carbocycles. The van der Waals surface area contributed by atoms with Gasteiger partial charge >= 0.3 is 0 Å². The first-order chi connectivity index (χ1) is 8.24. The van der Waals surface area contributed by atoms with Crippen molar-refractivity contribution < 1.29 is 0 Å². The van der Waals surface area contributed by atoms with Crippen molar-refractivity contribution in [1.82, 2.24) is 20.1 Å². The second kappa shape index (κ2) is 4.11. The predicted molar refractivity (Wildman–Crippen MR) is 67.7 cm³/mol. The van der Waals surface area contributed by atoms with Gasteiger partial charge in [0.05, 0.1) is 5.69 Å². The Balaban J connectivity index is 1.82. The van der Waals surface area contributed by atoms with Gasteiger partial charge in [0.15, 0.2) is 5.65 Å². The molecule has 3 rings (SSSR count). The minimum absolute atomic E-state index is 0.723. The van der Waals surface area contributed by atoms with Gasteiger partial charge in [-0.1, -0.05) is 6.42 Å². The number of nitrogens with zero attached hydrogens (tertiary/aromatic N) is 3. The summed E-state index contributed by atoms with van der Waals surface area (Å²) in [5.74, 6) is 0. The van der Waals surface area contributed by atoms with E-state index in [1.54, 1.807) is 0 Å². The van der Waals surface area contributed by atoms with Crippen molar-refractivity contribution in [2.75, 3.05) is 0 Å². The molecule has 1 aliphatic rings. The summed E-state index contributed by atoms with van der Waals surface area (Å²) in [5, 5.41) is 9.11. The highest BCUT2D eigenvalue weighted by Crippen LogP contribution is 2.20. The maximum Gasteiger partial charge on any atom is 0.157 e. The normalized spacial score (nSPS) is 16.4. The second-order valence-corrected chi connectivity index (χ2v) is 4.93. The topological polar surface area (TPSA) is 42.7 Å². The van der Waals surface area contributed by atoms with Gasteiger partial charge in [0.25, 0.3) is 0 Å². The van der Waals surface area contributed by atoms with Gasteiger partial charge in [0.2, 0.25) is 0 Å². The highest BCUT2D eigenvalue weighted by atomic mass is 15.3. The first-order valence-corrected chi connectivity index (χ1v) is 6.25. The molecule has 0 aromatic carbocycles. The number of fused-ring (bicyclic) bond motifs is 1. The van der Waals surface area contributed by atoms with E-state index in [1.807, 2.05) is 24.9 Å². The molecule has 0 spiro atoms. The van der Waals surface area contributed by atoms with Gasteiger partial charge in [-0.3, -0.25) is 4.68 Å². The smallest absolute Gasteiger partial charge is 0.157 e. The van der Waals surface area contributed by atoms with Gasteiger partial charge in [-0.2, -0.15) is 5.10 Å². The molecular weight excluding hydrogens is 212 g/mol. The van der Waals surface area contributed by atoms with Crippen molar-refractivity contribution in [3.05, 3.63) is 23.5 Å². The number of nitrogens with one attached hydrogen (secondary N) is 1. The van der Waals surface area contributed by atoms with Gasteiger partial charge in [-0.25, -0.2) is 4.98 Å². The molecule has 0 unspecified atom stereocenters. The minimum Gasteiger partial charge on any atom is -0.310 e. The second-order valence-electron chi connectivity index (χ2n) is 4.93. The number of rotatable bonds is 3. The van der Waals surface area contributed by atoms with E-state index in [0.717, 1.165) is 23.9 Å². The van der Waals surface area contributed by atoms with Crippen molar-refractivity contribution in [2.24, 2.45) is 7.05 Å². The van der Waals surface area contributed by atoms with Crippen LogP contribution in [0.25, 0.3) is 11.0 Å². The monoisotopic (exact) mass is 230 g/mol. The molecule has 2 heterocycles. The first-order valence-electron chi connectivity index (χ1n) is 6.25. The number of aromatic nitrogens is 3. The van der Waals surface area contributed by atoms with Crippen LogP contribution in [0.3, 0.4) is 0 Å². The van der Waals surface area contributed by atoms with Crippen LogP contribution < -0.4 is 5.32 Å². The summed E-state index contributed by atoms with van der Waals surface area (Å²) in [5.41, 5.74) is 3.27. The lowest BCUT2D eigenvalue weighted by atomic mass is 9.93. The van der Waals surface area contributed by atoms with Crippen molar-refractivity contribution >= 4 is 11.0 Å². The van der Waals surface area contributed by atoms with E-state index in [-0.39, 0.29) is 0 Å². The highest BCUT2D eigenvalue weighted by Gasteiger charge is 2.16. The van der Waals surface area contributed by atoms with Gasteiger partial charge in [0, 0.05) is 31.2 Å². The molecule has 4 heteroatoms. The summed E-state index contributed by atoms with van der Waals surface area (Å²) < 4.78 is 1.84. The van der Waals surface area contributed by atoms with Crippen LogP contribution in [0.15, 0.2) is 12.3 Å². The molecule has 0 amide bonds. The SMILES string of the molecule is Cc1nn(C)c2ncc(CNC3CCC3)cc12. The number of pyridine rings is 1. The summed E-state index contributed by atoms with van der Waals surface area (Å²) in [6, 6.07) is 2.93. The lowest BCUT2D eigenvalue weighted by Crippen LogP contribution is -2.34. The van der Waals surface area contributed by atoms with E-state index < -0.39 is 0 Å². The van der Waals surface area contributed by atoms with E-state index in [2.05, 4.69) is 21.5 Å². The van der Waals surface area contributed by atoms with E-state index in [0.29, 0.717) is 0 Å². The van der Waals surface area contributed by atoms with Crippen molar-refractivity contribution in [1.29, 1.82) is 0 Å². The average molecular weight is 230 g/mol. The Bertz CT molecular complexity index is 540. The number of hydrogen-bond donors (Lipinski definition) is 1. The van der Waals surface area contributed by atoms with Gasteiger partial charge in [-0.05, 0) is 31.4 Å². The molecule has 0 bridgehead atoms. The van der Waals surface area contributed by atoms with E-state index >= 15 is 0 Å². The van der Waals surface area contributed by atoms with Crippen LogP contribution in [0.4, 0.5) is 0 Å². The zero-order valence-electron chi connectivity index (χ0n) is 10.4. The molecule has 0 aliphatic heterocycles. The van der Waals surface area contributed by atoms with Crippen LogP contribution in [-0.4, -0.2) is 20.8 Å².